The average Bonchev–Trinajstić information content (AvgIpc) is 2.56. The quantitative estimate of drug-likeness (QED) is 0.645. The smallest absolute Gasteiger partial charge is 0.324 e. The minimum absolute atomic E-state index is 0.127. The molecule has 0 spiro atoms. The van der Waals surface area contributed by atoms with Crippen molar-refractivity contribution in [2.75, 3.05) is 7.11 Å². The number of benzene rings is 2. The summed E-state index contributed by atoms with van der Waals surface area (Å²) in [7, 11) is 1.47. The van der Waals surface area contributed by atoms with Gasteiger partial charge < -0.3 is 14.9 Å². The van der Waals surface area contributed by atoms with Crippen molar-refractivity contribution < 1.29 is 19.7 Å². The van der Waals surface area contributed by atoms with Crippen molar-refractivity contribution >= 4 is 17.9 Å². The van der Waals surface area contributed by atoms with E-state index in [9.17, 15) is 15.0 Å². The van der Waals surface area contributed by atoms with E-state index < -0.39 is 18.1 Å². The third-order valence-corrected chi connectivity index (χ3v) is 4.23. The van der Waals surface area contributed by atoms with Crippen LogP contribution in [0.4, 0.5) is 0 Å². The summed E-state index contributed by atoms with van der Waals surface area (Å²) in [5.41, 5.74) is 1.79. The molecule has 0 saturated heterocycles. The molecule has 5 nitrogen and oxygen atoms in total. The van der Waals surface area contributed by atoms with Gasteiger partial charge in [0, 0.05) is 12.9 Å². The van der Waals surface area contributed by atoms with Gasteiger partial charge in [-0.3, -0.25) is 4.79 Å². The summed E-state index contributed by atoms with van der Waals surface area (Å²) in [5, 5.41) is 18.8. The van der Waals surface area contributed by atoms with Crippen molar-refractivity contribution in [2.45, 2.75) is 17.9 Å². The Balaban J connectivity index is 2.03. The highest BCUT2D eigenvalue weighted by molar-refractivity contribution is 7.96. The number of phenols is 1. The summed E-state index contributed by atoms with van der Waals surface area (Å²) in [6.45, 7) is 0. The third kappa shape index (κ3) is 4.99. The third-order valence-electron chi connectivity index (χ3n) is 3.34. The molecule has 2 aromatic carbocycles. The van der Waals surface area contributed by atoms with E-state index in [4.69, 9.17) is 4.74 Å². The largest absolute Gasteiger partial charge is 0.508 e. The van der Waals surface area contributed by atoms with Gasteiger partial charge in [-0.05, 0) is 23.3 Å². The molecule has 0 saturated carbocycles. The standard InChI is InChI=1S/C17H19NO4S/c1-22-16(13-7-9-14(19)10-8-13)15(17(20)21)18-23-11-12-5-3-2-4-6-12/h2-10,15-16,18-19H,11H2,1H3,(H,20,21)/t15-,16?/m1/s1. The van der Waals surface area contributed by atoms with Crippen LogP contribution in [0.3, 0.4) is 0 Å². The van der Waals surface area contributed by atoms with Crippen LogP contribution in [-0.2, 0) is 15.3 Å². The van der Waals surface area contributed by atoms with Crippen molar-refractivity contribution in [3.8, 4) is 5.75 Å². The van der Waals surface area contributed by atoms with Crippen molar-refractivity contribution in [3.63, 3.8) is 0 Å². The summed E-state index contributed by atoms with van der Waals surface area (Å²) < 4.78 is 8.33. The summed E-state index contributed by atoms with van der Waals surface area (Å²) >= 11 is 1.32. The molecule has 6 heteroatoms. The molecule has 3 N–H and O–H groups in total. The Bertz CT molecular complexity index is 618. The molecule has 0 amide bonds. The van der Waals surface area contributed by atoms with Gasteiger partial charge in [0.2, 0.25) is 0 Å². The van der Waals surface area contributed by atoms with Gasteiger partial charge in [0.15, 0.2) is 0 Å². The van der Waals surface area contributed by atoms with E-state index in [2.05, 4.69) is 4.72 Å². The number of carboxylic acid groups (broad SMARTS) is 1. The molecular formula is C17H19NO4S. The average molecular weight is 333 g/mol. The Kier molecular flexibility index (Phi) is 6.46. The van der Waals surface area contributed by atoms with E-state index in [1.165, 1.54) is 31.2 Å². The van der Waals surface area contributed by atoms with Gasteiger partial charge in [0.05, 0.1) is 0 Å². The lowest BCUT2D eigenvalue weighted by atomic mass is 10.0. The number of carbonyl (C=O) groups is 1. The highest BCUT2D eigenvalue weighted by Crippen LogP contribution is 2.25. The summed E-state index contributed by atoms with van der Waals surface area (Å²) in [5.74, 6) is -0.219. The minimum Gasteiger partial charge on any atom is -0.508 e. The van der Waals surface area contributed by atoms with Crippen molar-refractivity contribution in [3.05, 3.63) is 65.7 Å². The van der Waals surface area contributed by atoms with Gasteiger partial charge >= 0.3 is 5.97 Å². The van der Waals surface area contributed by atoms with Crippen LogP contribution < -0.4 is 4.72 Å². The monoisotopic (exact) mass is 333 g/mol. The second-order valence-electron chi connectivity index (χ2n) is 4.96. The first kappa shape index (κ1) is 17.3. The van der Waals surface area contributed by atoms with Crippen LogP contribution in [-0.4, -0.2) is 29.3 Å². The number of methoxy groups -OCH3 is 1. The molecule has 122 valence electrons. The van der Waals surface area contributed by atoms with E-state index in [0.29, 0.717) is 11.3 Å². The molecule has 0 heterocycles. The van der Waals surface area contributed by atoms with Crippen molar-refractivity contribution in [1.29, 1.82) is 0 Å². The molecule has 2 atom stereocenters. The van der Waals surface area contributed by atoms with E-state index in [1.807, 2.05) is 30.3 Å². The van der Waals surface area contributed by atoms with E-state index in [-0.39, 0.29) is 5.75 Å². The SMILES string of the molecule is COC(c1ccc(O)cc1)[C@@H](NSCc1ccccc1)C(=O)O. The molecule has 1 unspecified atom stereocenters. The van der Waals surface area contributed by atoms with Gasteiger partial charge in [-0.15, -0.1) is 0 Å². The Hall–Kier alpha value is -2.02. The number of aromatic hydroxyl groups is 1. The van der Waals surface area contributed by atoms with Crippen molar-refractivity contribution in [2.24, 2.45) is 0 Å². The molecular weight excluding hydrogens is 314 g/mol. The van der Waals surface area contributed by atoms with Crippen LogP contribution in [0.1, 0.15) is 17.2 Å². The van der Waals surface area contributed by atoms with E-state index >= 15 is 0 Å². The van der Waals surface area contributed by atoms with Crippen LogP contribution in [0.15, 0.2) is 54.6 Å². The first-order chi connectivity index (χ1) is 11.1. The minimum atomic E-state index is -0.995. The lowest BCUT2D eigenvalue weighted by Gasteiger charge is -2.23. The van der Waals surface area contributed by atoms with E-state index in [0.717, 1.165) is 5.56 Å². The van der Waals surface area contributed by atoms with Crippen molar-refractivity contribution in [1.82, 2.24) is 4.72 Å². The molecule has 0 bridgehead atoms. The number of ether oxygens (including phenoxy) is 1. The fourth-order valence-electron chi connectivity index (χ4n) is 2.16. The number of carboxylic acids is 1. The molecule has 0 aliphatic rings. The van der Waals surface area contributed by atoms with Gasteiger partial charge in [-0.1, -0.05) is 54.4 Å². The fraction of sp³-hybridized carbons (Fsp3) is 0.235. The predicted octanol–water partition coefficient (Wildman–Crippen LogP) is 2.97. The number of hydrogen-bond donors (Lipinski definition) is 3. The normalized spacial score (nSPS) is 13.4. The molecule has 0 aliphatic carbocycles. The van der Waals surface area contributed by atoms with Crippen LogP contribution in [0.2, 0.25) is 0 Å². The highest BCUT2D eigenvalue weighted by atomic mass is 32.2. The molecule has 0 aliphatic heterocycles. The maximum atomic E-state index is 11.6. The molecule has 0 fully saturated rings. The highest BCUT2D eigenvalue weighted by Gasteiger charge is 2.29. The maximum absolute atomic E-state index is 11.6. The lowest BCUT2D eigenvalue weighted by molar-refractivity contribution is -0.142. The number of phenolic OH excluding ortho intramolecular Hbond substituents is 1. The number of nitrogens with one attached hydrogen (secondary N) is 1. The second-order valence-corrected chi connectivity index (χ2v) is 5.77. The van der Waals surface area contributed by atoms with Crippen LogP contribution in [0.5, 0.6) is 5.75 Å². The topological polar surface area (TPSA) is 78.8 Å². The van der Waals surface area contributed by atoms with Gasteiger partial charge in [-0.2, -0.15) is 0 Å². The summed E-state index contributed by atoms with van der Waals surface area (Å²) in [6.07, 6.45) is -0.656. The summed E-state index contributed by atoms with van der Waals surface area (Å²) in [6, 6.07) is 15.2. The number of aliphatic carboxylic acids is 1. The fourth-order valence-corrected chi connectivity index (χ4v) is 3.01. The zero-order valence-corrected chi connectivity index (χ0v) is 13.5. The van der Waals surface area contributed by atoms with Gasteiger partial charge in [0.25, 0.3) is 0 Å². The molecule has 23 heavy (non-hydrogen) atoms. The molecule has 2 rings (SSSR count). The molecule has 0 radical (unpaired) electrons. The Morgan fingerprint density at radius 3 is 2.39 bits per heavy atom. The Labute approximate surface area is 139 Å². The first-order valence-corrected chi connectivity index (χ1v) is 8.06. The second kappa shape index (κ2) is 8.57. The van der Waals surface area contributed by atoms with Crippen LogP contribution in [0.25, 0.3) is 0 Å². The number of hydrogen-bond acceptors (Lipinski definition) is 5. The zero-order chi connectivity index (χ0) is 16.7. The first-order valence-electron chi connectivity index (χ1n) is 7.07. The van der Waals surface area contributed by atoms with Crippen LogP contribution in [0, 0.1) is 0 Å². The number of rotatable bonds is 8. The Morgan fingerprint density at radius 1 is 1.17 bits per heavy atom. The lowest BCUT2D eigenvalue weighted by Crippen LogP contribution is -2.39. The maximum Gasteiger partial charge on any atom is 0.324 e. The zero-order valence-electron chi connectivity index (χ0n) is 12.7. The van der Waals surface area contributed by atoms with Crippen LogP contribution >= 0.6 is 11.9 Å². The van der Waals surface area contributed by atoms with Gasteiger partial charge in [0.1, 0.15) is 17.9 Å². The molecule has 2 aromatic rings. The predicted molar refractivity (Wildman–Crippen MR) is 90.2 cm³/mol. The summed E-state index contributed by atoms with van der Waals surface area (Å²) in [4.78, 5) is 11.6. The van der Waals surface area contributed by atoms with E-state index in [1.54, 1.807) is 12.1 Å². The molecule has 0 aromatic heterocycles. The van der Waals surface area contributed by atoms with Gasteiger partial charge in [-0.25, -0.2) is 4.72 Å². The Morgan fingerprint density at radius 2 is 1.83 bits per heavy atom.